The number of nitrogens with zero attached hydrogens (tertiary/aromatic N) is 3. The number of rotatable bonds is 4. The summed E-state index contributed by atoms with van der Waals surface area (Å²) in [6.07, 6.45) is 1.54. The summed E-state index contributed by atoms with van der Waals surface area (Å²) >= 11 is 7.41. The number of nitrogens with one attached hydrogen (secondary N) is 1. The van der Waals surface area contributed by atoms with Gasteiger partial charge in [-0.1, -0.05) is 11.6 Å². The molecule has 0 spiro atoms. The molecule has 0 bridgehead atoms. The van der Waals surface area contributed by atoms with E-state index in [-0.39, 0.29) is 16.4 Å². The maximum Gasteiger partial charge on any atom is 0.352 e. The quantitative estimate of drug-likeness (QED) is 0.764. The van der Waals surface area contributed by atoms with Crippen molar-refractivity contribution >= 4 is 41.1 Å². The molecule has 1 saturated heterocycles. The normalized spacial score (nSPS) is 23.0. The Labute approximate surface area is 146 Å². The molecular weight excluding hydrogens is 356 g/mol. The van der Waals surface area contributed by atoms with Gasteiger partial charge in [0.1, 0.15) is 17.1 Å². The molecule has 2 aliphatic rings. The largest absolute Gasteiger partial charge is 0.477 e. The third-order valence-corrected chi connectivity index (χ3v) is 5.60. The van der Waals surface area contributed by atoms with Gasteiger partial charge in [0.25, 0.3) is 11.8 Å². The Bertz CT molecular complexity index is 775. The number of carboxylic acid groups (broad SMARTS) is 1. The molecule has 3 heterocycles. The molecule has 0 unspecified atom stereocenters. The van der Waals surface area contributed by atoms with Gasteiger partial charge in [0, 0.05) is 18.5 Å². The third kappa shape index (κ3) is 2.57. The average Bonchev–Trinajstić information content (AvgIpc) is 2.93. The fourth-order valence-corrected chi connectivity index (χ4v) is 4.23. The van der Waals surface area contributed by atoms with E-state index in [1.165, 1.54) is 27.5 Å². The number of fused-ring (bicyclic) bond motifs is 1. The Morgan fingerprint density at radius 2 is 2.25 bits per heavy atom. The molecule has 1 aromatic rings. The number of aryl methyl sites for hydroxylation is 1. The fourth-order valence-electron chi connectivity index (χ4n) is 2.70. The van der Waals surface area contributed by atoms with E-state index in [0.717, 1.165) is 0 Å². The molecule has 10 heteroatoms. The van der Waals surface area contributed by atoms with Crippen molar-refractivity contribution in [3.8, 4) is 0 Å². The van der Waals surface area contributed by atoms with Crippen LogP contribution in [0.4, 0.5) is 0 Å². The maximum atomic E-state index is 12.3. The molecule has 2 aliphatic heterocycles. The van der Waals surface area contributed by atoms with Crippen LogP contribution in [-0.4, -0.2) is 54.7 Å². The molecular formula is C14H15ClN4O4S. The van der Waals surface area contributed by atoms with E-state index in [4.69, 9.17) is 11.6 Å². The lowest BCUT2D eigenvalue weighted by Crippen LogP contribution is -2.70. The van der Waals surface area contributed by atoms with Gasteiger partial charge >= 0.3 is 5.97 Å². The zero-order valence-corrected chi connectivity index (χ0v) is 14.5. The van der Waals surface area contributed by atoms with E-state index in [0.29, 0.717) is 17.9 Å². The summed E-state index contributed by atoms with van der Waals surface area (Å²) in [6.45, 7) is 4.11. The second kappa shape index (κ2) is 6.14. The van der Waals surface area contributed by atoms with E-state index >= 15 is 0 Å². The lowest BCUT2D eigenvalue weighted by Gasteiger charge is -2.49. The molecule has 2 atom stereocenters. The van der Waals surface area contributed by atoms with Gasteiger partial charge in [-0.3, -0.25) is 19.2 Å². The van der Waals surface area contributed by atoms with Crippen LogP contribution in [-0.2, 0) is 16.1 Å². The maximum absolute atomic E-state index is 12.3. The first-order valence-corrected chi connectivity index (χ1v) is 8.69. The number of carbonyl (C=O) groups is 3. The average molecular weight is 371 g/mol. The van der Waals surface area contributed by atoms with E-state index in [9.17, 15) is 19.5 Å². The predicted octanol–water partition coefficient (Wildman–Crippen LogP) is 0.928. The summed E-state index contributed by atoms with van der Waals surface area (Å²) in [6, 6.07) is -0.784. The molecule has 128 valence electrons. The van der Waals surface area contributed by atoms with Crippen molar-refractivity contribution in [2.45, 2.75) is 31.8 Å². The molecule has 1 fully saturated rings. The molecule has 3 rings (SSSR count). The standard InChI is InChI=1S/C14H15ClN4O4S/c1-3-18-4-7(15)8(17-18)11(20)16-9-12(21)19-10(14(22)23)6(2)5-24-13(9)19/h4,9,13H,3,5H2,1-2H3,(H,16,20)(H,22,23)/t9-,13+/m0/s1. The summed E-state index contributed by atoms with van der Waals surface area (Å²) in [5.74, 6) is -1.63. The number of carbonyl (C=O) groups excluding carboxylic acids is 2. The highest BCUT2D eigenvalue weighted by Crippen LogP contribution is 2.40. The fraction of sp³-hybridized carbons (Fsp3) is 0.429. The van der Waals surface area contributed by atoms with Gasteiger partial charge in [-0.2, -0.15) is 5.10 Å². The summed E-state index contributed by atoms with van der Waals surface area (Å²) in [4.78, 5) is 37.2. The Kier molecular flexibility index (Phi) is 4.31. The number of carboxylic acids is 1. The van der Waals surface area contributed by atoms with Gasteiger partial charge < -0.3 is 10.4 Å². The van der Waals surface area contributed by atoms with Crippen molar-refractivity contribution in [1.29, 1.82) is 0 Å². The van der Waals surface area contributed by atoms with Crippen LogP contribution < -0.4 is 5.32 Å². The van der Waals surface area contributed by atoms with Crippen molar-refractivity contribution in [1.82, 2.24) is 20.0 Å². The minimum atomic E-state index is -1.14. The molecule has 0 aromatic carbocycles. The Morgan fingerprint density at radius 1 is 1.54 bits per heavy atom. The van der Waals surface area contributed by atoms with Crippen LogP contribution in [0.1, 0.15) is 24.3 Å². The molecule has 0 aliphatic carbocycles. The smallest absolute Gasteiger partial charge is 0.352 e. The number of thioether (sulfide) groups is 1. The first kappa shape index (κ1) is 16.8. The van der Waals surface area contributed by atoms with Crippen molar-refractivity contribution in [2.24, 2.45) is 0 Å². The third-order valence-electron chi connectivity index (χ3n) is 3.90. The molecule has 8 nitrogen and oxygen atoms in total. The Balaban J connectivity index is 1.77. The summed E-state index contributed by atoms with van der Waals surface area (Å²) in [7, 11) is 0. The van der Waals surface area contributed by atoms with Crippen molar-refractivity contribution in [3.63, 3.8) is 0 Å². The lowest BCUT2D eigenvalue weighted by atomic mass is 10.0. The van der Waals surface area contributed by atoms with Crippen molar-refractivity contribution in [2.75, 3.05) is 5.75 Å². The first-order valence-electron chi connectivity index (χ1n) is 7.26. The van der Waals surface area contributed by atoms with Gasteiger partial charge in [-0.05, 0) is 19.4 Å². The zero-order chi connectivity index (χ0) is 17.6. The minimum absolute atomic E-state index is 0.00235. The molecule has 24 heavy (non-hydrogen) atoms. The number of halogens is 1. The number of amides is 2. The number of hydrogen-bond donors (Lipinski definition) is 2. The highest BCUT2D eigenvalue weighted by atomic mass is 35.5. The van der Waals surface area contributed by atoms with Crippen LogP contribution >= 0.6 is 23.4 Å². The molecule has 0 saturated carbocycles. The predicted molar refractivity (Wildman–Crippen MR) is 87.6 cm³/mol. The zero-order valence-electron chi connectivity index (χ0n) is 12.9. The van der Waals surface area contributed by atoms with Crippen LogP contribution in [0.5, 0.6) is 0 Å². The topological polar surface area (TPSA) is 105 Å². The SMILES string of the molecule is CCn1cc(Cl)c(C(=O)N[C@H]2C(=O)N3C(C(=O)O)=C(C)CS[C@H]23)n1. The van der Waals surface area contributed by atoms with E-state index in [1.807, 2.05) is 6.92 Å². The van der Waals surface area contributed by atoms with Gasteiger partial charge in [0.15, 0.2) is 5.69 Å². The Hall–Kier alpha value is -2.00. The van der Waals surface area contributed by atoms with Gasteiger partial charge in [-0.15, -0.1) is 11.8 Å². The van der Waals surface area contributed by atoms with Crippen LogP contribution in [0.25, 0.3) is 0 Å². The lowest BCUT2D eigenvalue weighted by molar-refractivity contribution is -0.148. The Morgan fingerprint density at radius 3 is 2.83 bits per heavy atom. The van der Waals surface area contributed by atoms with Crippen LogP contribution in [0.15, 0.2) is 17.5 Å². The number of β-lactam (4-membered cyclic amide) rings is 1. The second-order valence-electron chi connectivity index (χ2n) is 5.48. The molecule has 1 aromatic heterocycles. The number of aromatic nitrogens is 2. The summed E-state index contributed by atoms with van der Waals surface area (Å²) < 4.78 is 1.52. The van der Waals surface area contributed by atoms with Crippen molar-refractivity contribution < 1.29 is 19.5 Å². The van der Waals surface area contributed by atoms with Crippen LogP contribution in [0.3, 0.4) is 0 Å². The number of aliphatic carboxylic acids is 1. The highest BCUT2D eigenvalue weighted by Gasteiger charge is 2.53. The monoisotopic (exact) mass is 370 g/mol. The van der Waals surface area contributed by atoms with Gasteiger partial charge in [-0.25, -0.2) is 4.79 Å². The van der Waals surface area contributed by atoms with E-state index < -0.39 is 29.2 Å². The minimum Gasteiger partial charge on any atom is -0.477 e. The van der Waals surface area contributed by atoms with Crippen molar-refractivity contribution in [3.05, 3.63) is 28.2 Å². The summed E-state index contributed by atoms with van der Waals surface area (Å²) in [5, 5.41) is 15.7. The van der Waals surface area contributed by atoms with Gasteiger partial charge in [0.2, 0.25) is 0 Å². The summed E-state index contributed by atoms with van der Waals surface area (Å²) in [5.41, 5.74) is 0.685. The molecule has 0 radical (unpaired) electrons. The highest BCUT2D eigenvalue weighted by molar-refractivity contribution is 8.00. The van der Waals surface area contributed by atoms with Crippen LogP contribution in [0.2, 0.25) is 5.02 Å². The molecule has 2 amide bonds. The van der Waals surface area contributed by atoms with Gasteiger partial charge in [0.05, 0.1) is 5.02 Å². The number of hydrogen-bond acceptors (Lipinski definition) is 5. The van der Waals surface area contributed by atoms with E-state index in [2.05, 4.69) is 10.4 Å². The second-order valence-corrected chi connectivity index (χ2v) is 6.99. The van der Waals surface area contributed by atoms with E-state index in [1.54, 1.807) is 6.92 Å². The first-order chi connectivity index (χ1) is 11.3. The van der Waals surface area contributed by atoms with Crippen LogP contribution in [0, 0.1) is 0 Å². The molecule has 2 N–H and O–H groups in total.